The average molecular weight is 300 g/mol. The Morgan fingerprint density at radius 1 is 1.16 bits per heavy atom. The van der Waals surface area contributed by atoms with Crippen LogP contribution in [0.25, 0.3) is 11.5 Å². The second kappa shape index (κ2) is 5.49. The molecule has 0 unspecified atom stereocenters. The average Bonchev–Trinajstić information content (AvgIpc) is 2.78. The van der Waals surface area contributed by atoms with E-state index in [9.17, 15) is 0 Å². The molecule has 0 radical (unpaired) electrons. The molecule has 0 atom stereocenters. The zero-order chi connectivity index (χ0) is 14.0. The summed E-state index contributed by atoms with van der Waals surface area (Å²) >= 11 is 11.8. The van der Waals surface area contributed by atoms with E-state index in [2.05, 4.69) is 36.3 Å². The van der Waals surface area contributed by atoms with Gasteiger partial charge in [0.25, 0.3) is 0 Å². The van der Waals surface area contributed by atoms with Gasteiger partial charge in [0.05, 0.1) is 16.6 Å². The second-order valence-electron chi connectivity index (χ2n) is 5.23. The van der Waals surface area contributed by atoms with Crippen LogP contribution in [0, 0.1) is 0 Å². The largest absolute Gasteiger partial charge is 0.419 e. The minimum atomic E-state index is -0.00177. The van der Waals surface area contributed by atoms with E-state index >= 15 is 0 Å². The third-order valence-electron chi connectivity index (χ3n) is 2.40. The molecule has 0 amide bonds. The van der Waals surface area contributed by atoms with Gasteiger partial charge in [0.15, 0.2) is 0 Å². The summed E-state index contributed by atoms with van der Waals surface area (Å²) in [4.78, 5) is 0. The van der Waals surface area contributed by atoms with Crippen molar-refractivity contribution in [3.8, 4) is 11.5 Å². The highest BCUT2D eigenvalue weighted by atomic mass is 35.5. The summed E-state index contributed by atoms with van der Waals surface area (Å²) in [6, 6.07) is 5.21. The summed E-state index contributed by atoms with van der Waals surface area (Å²) in [5.74, 6) is 0.972. The maximum absolute atomic E-state index is 5.96. The SMILES string of the molecule is CC(C)(C)NCc1nnc(-c2ccc(Cl)c(Cl)c2)o1. The van der Waals surface area contributed by atoms with Gasteiger partial charge in [-0.2, -0.15) is 0 Å². The van der Waals surface area contributed by atoms with Gasteiger partial charge in [-0.3, -0.25) is 0 Å². The fraction of sp³-hybridized carbons (Fsp3) is 0.385. The second-order valence-corrected chi connectivity index (χ2v) is 6.05. The van der Waals surface area contributed by atoms with Crippen molar-refractivity contribution in [2.24, 2.45) is 0 Å². The first-order valence-electron chi connectivity index (χ1n) is 5.88. The van der Waals surface area contributed by atoms with Crippen molar-refractivity contribution >= 4 is 23.2 Å². The Labute approximate surface area is 122 Å². The van der Waals surface area contributed by atoms with Gasteiger partial charge in [-0.25, -0.2) is 0 Å². The van der Waals surface area contributed by atoms with Crippen LogP contribution >= 0.6 is 23.2 Å². The molecule has 4 nitrogen and oxygen atoms in total. The molecule has 0 bridgehead atoms. The summed E-state index contributed by atoms with van der Waals surface area (Å²) in [5, 5.41) is 12.2. The lowest BCUT2D eigenvalue weighted by molar-refractivity contribution is 0.383. The number of benzene rings is 1. The molecule has 2 rings (SSSR count). The molecule has 1 N–H and O–H groups in total. The molecule has 2 aromatic rings. The van der Waals surface area contributed by atoms with Crippen LogP contribution in [0.4, 0.5) is 0 Å². The molecule has 1 aromatic carbocycles. The summed E-state index contributed by atoms with van der Waals surface area (Å²) in [5.41, 5.74) is 0.752. The van der Waals surface area contributed by atoms with Crippen molar-refractivity contribution in [3.63, 3.8) is 0 Å². The molecule has 0 saturated heterocycles. The van der Waals surface area contributed by atoms with Crippen LogP contribution in [0.15, 0.2) is 22.6 Å². The molecule has 0 saturated carbocycles. The first-order chi connectivity index (χ1) is 8.85. The number of nitrogens with one attached hydrogen (secondary N) is 1. The third kappa shape index (κ3) is 3.93. The minimum Gasteiger partial charge on any atom is -0.419 e. The van der Waals surface area contributed by atoms with E-state index in [1.54, 1.807) is 18.2 Å². The molecule has 0 aliphatic heterocycles. The molecule has 0 fully saturated rings. The Bertz CT molecular complexity index is 576. The molecule has 6 heteroatoms. The van der Waals surface area contributed by atoms with Crippen LogP contribution in [0.2, 0.25) is 10.0 Å². The first kappa shape index (κ1) is 14.3. The van der Waals surface area contributed by atoms with Gasteiger partial charge in [-0.15, -0.1) is 10.2 Å². The van der Waals surface area contributed by atoms with Crippen LogP contribution in [0.3, 0.4) is 0 Å². The van der Waals surface area contributed by atoms with Crippen molar-refractivity contribution in [2.45, 2.75) is 32.9 Å². The molecule has 1 aromatic heterocycles. The highest BCUT2D eigenvalue weighted by Gasteiger charge is 2.13. The summed E-state index contributed by atoms with van der Waals surface area (Å²) in [6.45, 7) is 6.74. The van der Waals surface area contributed by atoms with Gasteiger partial charge in [-0.1, -0.05) is 23.2 Å². The lowest BCUT2D eigenvalue weighted by atomic mass is 10.1. The fourth-order valence-electron chi connectivity index (χ4n) is 1.41. The van der Waals surface area contributed by atoms with Gasteiger partial charge in [0, 0.05) is 11.1 Å². The Morgan fingerprint density at radius 3 is 2.53 bits per heavy atom. The number of halogens is 2. The molecule has 0 aliphatic carbocycles. The van der Waals surface area contributed by atoms with E-state index in [1.165, 1.54) is 0 Å². The topological polar surface area (TPSA) is 51.0 Å². The highest BCUT2D eigenvalue weighted by molar-refractivity contribution is 6.42. The number of rotatable bonds is 3. The number of nitrogens with zero attached hydrogens (tertiary/aromatic N) is 2. The standard InChI is InChI=1S/C13H15Cl2N3O/c1-13(2,3)16-7-11-17-18-12(19-11)8-4-5-9(14)10(15)6-8/h4-6,16H,7H2,1-3H3. The number of aromatic nitrogens is 2. The maximum Gasteiger partial charge on any atom is 0.247 e. The van der Waals surface area contributed by atoms with Gasteiger partial charge < -0.3 is 9.73 Å². The minimum absolute atomic E-state index is 0.00177. The van der Waals surface area contributed by atoms with Crippen molar-refractivity contribution in [3.05, 3.63) is 34.1 Å². The van der Waals surface area contributed by atoms with Crippen LogP contribution in [0.5, 0.6) is 0 Å². The highest BCUT2D eigenvalue weighted by Crippen LogP contribution is 2.27. The van der Waals surface area contributed by atoms with E-state index < -0.39 is 0 Å². The Balaban J connectivity index is 2.14. The van der Waals surface area contributed by atoms with Crippen LogP contribution in [-0.2, 0) is 6.54 Å². The van der Waals surface area contributed by atoms with E-state index in [0.29, 0.717) is 28.4 Å². The van der Waals surface area contributed by atoms with E-state index in [-0.39, 0.29) is 5.54 Å². The zero-order valence-corrected chi connectivity index (χ0v) is 12.5. The zero-order valence-electron chi connectivity index (χ0n) is 11.0. The number of hydrogen-bond acceptors (Lipinski definition) is 4. The van der Waals surface area contributed by atoms with E-state index in [1.807, 2.05) is 0 Å². The Morgan fingerprint density at radius 2 is 1.89 bits per heavy atom. The van der Waals surface area contributed by atoms with Crippen LogP contribution in [-0.4, -0.2) is 15.7 Å². The van der Waals surface area contributed by atoms with Crippen molar-refractivity contribution in [1.82, 2.24) is 15.5 Å². The molecule has 102 valence electrons. The van der Waals surface area contributed by atoms with E-state index in [0.717, 1.165) is 5.56 Å². The lowest BCUT2D eigenvalue weighted by Gasteiger charge is -2.18. The van der Waals surface area contributed by atoms with Crippen molar-refractivity contribution in [2.75, 3.05) is 0 Å². The molecular weight excluding hydrogens is 285 g/mol. The molecular formula is C13H15Cl2N3O. The van der Waals surface area contributed by atoms with Crippen molar-refractivity contribution < 1.29 is 4.42 Å². The van der Waals surface area contributed by atoms with Gasteiger partial charge in [0.2, 0.25) is 11.8 Å². The summed E-state index contributed by atoms with van der Waals surface area (Å²) in [6.07, 6.45) is 0. The molecule has 0 spiro atoms. The quantitative estimate of drug-likeness (QED) is 0.933. The first-order valence-corrected chi connectivity index (χ1v) is 6.63. The molecule has 1 heterocycles. The molecule has 0 aliphatic rings. The summed E-state index contributed by atoms with van der Waals surface area (Å²) < 4.78 is 5.57. The molecule has 19 heavy (non-hydrogen) atoms. The lowest BCUT2D eigenvalue weighted by Crippen LogP contribution is -2.35. The maximum atomic E-state index is 5.96. The normalized spacial score (nSPS) is 11.8. The number of hydrogen-bond donors (Lipinski definition) is 1. The van der Waals surface area contributed by atoms with Gasteiger partial charge >= 0.3 is 0 Å². The monoisotopic (exact) mass is 299 g/mol. The van der Waals surface area contributed by atoms with Gasteiger partial charge in [0.1, 0.15) is 0 Å². The van der Waals surface area contributed by atoms with E-state index in [4.69, 9.17) is 27.6 Å². The van der Waals surface area contributed by atoms with Crippen molar-refractivity contribution in [1.29, 1.82) is 0 Å². The Kier molecular flexibility index (Phi) is 4.13. The third-order valence-corrected chi connectivity index (χ3v) is 3.14. The predicted octanol–water partition coefficient (Wildman–Crippen LogP) is 3.93. The predicted molar refractivity (Wildman–Crippen MR) is 76.3 cm³/mol. The fourth-order valence-corrected chi connectivity index (χ4v) is 1.71. The summed E-state index contributed by atoms with van der Waals surface area (Å²) in [7, 11) is 0. The van der Waals surface area contributed by atoms with Gasteiger partial charge in [-0.05, 0) is 39.0 Å². The van der Waals surface area contributed by atoms with Crippen LogP contribution < -0.4 is 5.32 Å². The Hall–Kier alpha value is -1.10. The van der Waals surface area contributed by atoms with Crippen LogP contribution in [0.1, 0.15) is 26.7 Å². The smallest absolute Gasteiger partial charge is 0.247 e.